The van der Waals surface area contributed by atoms with Gasteiger partial charge in [0.25, 0.3) is 0 Å². The summed E-state index contributed by atoms with van der Waals surface area (Å²) >= 11 is 0. The van der Waals surface area contributed by atoms with Gasteiger partial charge in [0.15, 0.2) is 0 Å². The molecule has 0 saturated carbocycles. The topological polar surface area (TPSA) is 87.2 Å². The van der Waals surface area contributed by atoms with Gasteiger partial charge in [-0.3, -0.25) is 4.31 Å². The minimum Gasteiger partial charge on any atom is -0.453 e. The van der Waals surface area contributed by atoms with Crippen molar-refractivity contribution < 1.29 is 23.1 Å². The van der Waals surface area contributed by atoms with E-state index < -0.39 is 27.0 Å². The molecule has 7 nitrogen and oxygen atoms in total. The van der Waals surface area contributed by atoms with Gasteiger partial charge in [0, 0.05) is 13.1 Å². The average molecular weight is 326 g/mol. The standard InChI is InChI=1S/C14H18N2O5S/c1-21-13(18)15-8-7-14(10-15)12(17)9-16(22(14,19)20)11-5-3-2-4-6-11/h2-6,12,17H,7-10H2,1H3/t12-,14-/m1/s1. The normalized spacial score (nSPS) is 30.0. The predicted octanol–water partition coefficient (Wildman–Crippen LogP) is 0.408. The molecule has 1 spiro atoms. The zero-order valence-corrected chi connectivity index (χ0v) is 13.0. The number of ether oxygens (including phenoxy) is 1. The number of hydrogen-bond acceptors (Lipinski definition) is 5. The highest BCUT2D eigenvalue weighted by molar-refractivity contribution is 7.94. The molecule has 2 atom stereocenters. The van der Waals surface area contributed by atoms with Gasteiger partial charge in [-0.05, 0) is 18.6 Å². The fourth-order valence-corrected chi connectivity index (χ4v) is 5.49. The van der Waals surface area contributed by atoms with Crippen LogP contribution in [-0.2, 0) is 14.8 Å². The van der Waals surface area contributed by atoms with Gasteiger partial charge in [-0.1, -0.05) is 18.2 Å². The first-order valence-electron chi connectivity index (χ1n) is 7.01. The highest BCUT2D eigenvalue weighted by atomic mass is 32.2. The van der Waals surface area contributed by atoms with Crippen molar-refractivity contribution in [2.45, 2.75) is 17.3 Å². The molecular weight excluding hydrogens is 308 g/mol. The van der Waals surface area contributed by atoms with Gasteiger partial charge >= 0.3 is 6.09 Å². The Kier molecular flexibility index (Phi) is 3.53. The Hall–Kier alpha value is -1.80. The molecular formula is C14H18N2O5S. The molecule has 0 aliphatic carbocycles. The van der Waals surface area contributed by atoms with Gasteiger partial charge in [-0.2, -0.15) is 0 Å². The minimum atomic E-state index is -3.77. The summed E-state index contributed by atoms with van der Waals surface area (Å²) in [5.41, 5.74) is 0.523. The maximum Gasteiger partial charge on any atom is 0.409 e. The van der Waals surface area contributed by atoms with Crippen LogP contribution < -0.4 is 4.31 Å². The van der Waals surface area contributed by atoms with E-state index in [0.717, 1.165) is 0 Å². The molecule has 1 aromatic rings. The Labute approximate surface area is 129 Å². The molecule has 0 unspecified atom stereocenters. The van der Waals surface area contributed by atoms with Gasteiger partial charge in [-0.15, -0.1) is 0 Å². The van der Waals surface area contributed by atoms with Crippen molar-refractivity contribution in [1.82, 2.24) is 4.90 Å². The summed E-state index contributed by atoms with van der Waals surface area (Å²) in [4.78, 5) is 13.0. The van der Waals surface area contributed by atoms with Crippen molar-refractivity contribution in [1.29, 1.82) is 0 Å². The van der Waals surface area contributed by atoms with E-state index in [1.807, 2.05) is 0 Å². The van der Waals surface area contributed by atoms with E-state index in [-0.39, 0.29) is 26.1 Å². The molecule has 1 N–H and O–H groups in total. The van der Waals surface area contributed by atoms with Crippen LogP contribution in [0.25, 0.3) is 0 Å². The Morgan fingerprint density at radius 1 is 1.36 bits per heavy atom. The van der Waals surface area contributed by atoms with Crippen molar-refractivity contribution in [3.63, 3.8) is 0 Å². The zero-order chi connectivity index (χ0) is 16.0. The lowest BCUT2D eigenvalue weighted by atomic mass is 10.0. The average Bonchev–Trinajstić information content (AvgIpc) is 3.05. The second-order valence-corrected chi connectivity index (χ2v) is 7.80. The highest BCUT2D eigenvalue weighted by Gasteiger charge is 2.62. The van der Waals surface area contributed by atoms with Gasteiger partial charge in [0.1, 0.15) is 4.75 Å². The second kappa shape index (κ2) is 5.13. The number of nitrogens with zero attached hydrogens (tertiary/aromatic N) is 2. The Morgan fingerprint density at radius 2 is 2.05 bits per heavy atom. The molecule has 2 fully saturated rings. The van der Waals surface area contributed by atoms with Crippen molar-refractivity contribution in [3.8, 4) is 0 Å². The van der Waals surface area contributed by atoms with E-state index in [0.29, 0.717) is 5.69 Å². The van der Waals surface area contributed by atoms with Gasteiger partial charge < -0.3 is 14.7 Å². The third kappa shape index (κ3) is 1.98. The number of aliphatic hydroxyl groups is 1. The van der Waals surface area contributed by atoms with E-state index in [2.05, 4.69) is 4.74 Å². The Bertz CT molecular complexity index is 678. The number of methoxy groups -OCH3 is 1. The monoisotopic (exact) mass is 326 g/mol. The molecule has 1 amide bonds. The maximum atomic E-state index is 13.0. The number of carbonyl (C=O) groups excluding carboxylic acids is 1. The van der Waals surface area contributed by atoms with Gasteiger partial charge in [0.2, 0.25) is 10.0 Å². The highest BCUT2D eigenvalue weighted by Crippen LogP contribution is 2.42. The summed E-state index contributed by atoms with van der Waals surface area (Å²) in [6.45, 7) is 0.208. The SMILES string of the molecule is COC(=O)N1CC[C@@]2(C1)[C@H](O)CN(c1ccccc1)S2(=O)=O. The molecule has 2 saturated heterocycles. The number of para-hydroxylation sites is 1. The number of hydrogen-bond donors (Lipinski definition) is 1. The van der Waals surface area contributed by atoms with Crippen LogP contribution in [0.5, 0.6) is 0 Å². The number of carbonyl (C=O) groups is 1. The summed E-state index contributed by atoms with van der Waals surface area (Å²) in [5, 5.41) is 10.4. The third-order valence-corrected chi connectivity index (χ3v) is 7.06. The fourth-order valence-electron chi connectivity index (χ4n) is 3.22. The molecule has 0 radical (unpaired) electrons. The molecule has 120 valence electrons. The lowest BCUT2D eigenvalue weighted by Crippen LogP contribution is -2.48. The molecule has 2 aliphatic rings. The first-order valence-corrected chi connectivity index (χ1v) is 8.45. The third-order valence-electron chi connectivity index (χ3n) is 4.49. The number of benzene rings is 1. The molecule has 0 bridgehead atoms. The molecule has 8 heteroatoms. The zero-order valence-electron chi connectivity index (χ0n) is 12.2. The lowest BCUT2D eigenvalue weighted by Gasteiger charge is -2.26. The van der Waals surface area contributed by atoms with Crippen molar-refractivity contribution >= 4 is 21.8 Å². The van der Waals surface area contributed by atoms with Crippen molar-refractivity contribution in [2.24, 2.45) is 0 Å². The largest absolute Gasteiger partial charge is 0.453 e. The van der Waals surface area contributed by atoms with Crippen LogP contribution >= 0.6 is 0 Å². The molecule has 22 heavy (non-hydrogen) atoms. The molecule has 0 aromatic heterocycles. The van der Waals surface area contributed by atoms with Crippen LogP contribution in [0.1, 0.15) is 6.42 Å². The summed E-state index contributed by atoms with van der Waals surface area (Å²) in [5.74, 6) is 0. The Morgan fingerprint density at radius 3 is 2.68 bits per heavy atom. The molecule has 3 rings (SSSR count). The van der Waals surface area contributed by atoms with Crippen LogP contribution in [-0.4, -0.2) is 62.1 Å². The molecule has 2 aliphatic heterocycles. The van der Waals surface area contributed by atoms with Gasteiger partial charge in [0.05, 0.1) is 25.4 Å². The minimum absolute atomic E-state index is 0.00135. The summed E-state index contributed by atoms with van der Waals surface area (Å²) in [6.07, 6.45) is -1.42. The Balaban J connectivity index is 1.96. The van der Waals surface area contributed by atoms with Crippen LogP contribution in [0.3, 0.4) is 0 Å². The van der Waals surface area contributed by atoms with Crippen molar-refractivity contribution in [2.75, 3.05) is 31.0 Å². The van der Waals surface area contributed by atoms with E-state index >= 15 is 0 Å². The molecule has 1 aromatic carbocycles. The first-order chi connectivity index (χ1) is 10.4. The number of anilines is 1. The number of amides is 1. The quantitative estimate of drug-likeness (QED) is 0.807. The van der Waals surface area contributed by atoms with Crippen LogP contribution in [0.4, 0.5) is 10.5 Å². The van der Waals surface area contributed by atoms with Crippen LogP contribution in [0.15, 0.2) is 30.3 Å². The first kappa shape index (κ1) is 15.1. The number of β-amino-alcohol motifs (C(OH)–C–C–N with tert-alkyl or cyclic N) is 1. The summed E-state index contributed by atoms with van der Waals surface area (Å²) in [6, 6.07) is 8.68. The van der Waals surface area contributed by atoms with Gasteiger partial charge in [-0.25, -0.2) is 13.2 Å². The number of sulfonamides is 1. The fraction of sp³-hybridized carbons (Fsp3) is 0.500. The van der Waals surface area contributed by atoms with Crippen molar-refractivity contribution in [3.05, 3.63) is 30.3 Å². The number of aliphatic hydroxyl groups excluding tert-OH is 1. The van der Waals surface area contributed by atoms with Crippen LogP contribution in [0.2, 0.25) is 0 Å². The van der Waals surface area contributed by atoms with Crippen LogP contribution in [0, 0.1) is 0 Å². The predicted molar refractivity (Wildman–Crippen MR) is 80.0 cm³/mol. The van der Waals surface area contributed by atoms with E-state index in [1.165, 1.54) is 16.3 Å². The summed E-state index contributed by atoms with van der Waals surface area (Å²) in [7, 11) is -2.52. The molecule has 2 heterocycles. The maximum absolute atomic E-state index is 13.0. The van der Waals surface area contributed by atoms with E-state index in [9.17, 15) is 18.3 Å². The number of likely N-dealkylation sites (tertiary alicyclic amines) is 1. The van der Waals surface area contributed by atoms with E-state index in [1.54, 1.807) is 30.3 Å². The summed E-state index contributed by atoms with van der Waals surface area (Å²) < 4.78 is 30.5. The van der Waals surface area contributed by atoms with E-state index in [4.69, 9.17) is 0 Å². The second-order valence-electron chi connectivity index (χ2n) is 5.59. The lowest BCUT2D eigenvalue weighted by molar-refractivity contribution is 0.121. The smallest absolute Gasteiger partial charge is 0.409 e. The number of rotatable bonds is 1.